The molecule has 0 aliphatic carbocycles. The van der Waals surface area contributed by atoms with Crippen molar-refractivity contribution in [3.63, 3.8) is 0 Å². The smallest absolute Gasteiger partial charge is 0.251 e. The number of hydrogen-bond acceptors (Lipinski definition) is 3. The Morgan fingerprint density at radius 1 is 1.53 bits per heavy atom. The van der Waals surface area contributed by atoms with Gasteiger partial charge < -0.3 is 5.32 Å². The molecule has 0 atom stereocenters. The first-order valence-electron chi connectivity index (χ1n) is 4.65. The third-order valence-electron chi connectivity index (χ3n) is 1.96. The van der Waals surface area contributed by atoms with E-state index in [9.17, 15) is 9.59 Å². The van der Waals surface area contributed by atoms with E-state index in [1.807, 2.05) is 6.92 Å². The molecule has 78 valence electrons. The summed E-state index contributed by atoms with van der Waals surface area (Å²) >= 11 is 0. The Hall–Kier alpha value is -1.93. The minimum atomic E-state index is -0.123. The van der Waals surface area contributed by atoms with Crippen LogP contribution < -0.4 is 5.32 Å². The van der Waals surface area contributed by atoms with Crippen molar-refractivity contribution in [2.45, 2.75) is 13.8 Å². The van der Waals surface area contributed by atoms with Crippen molar-refractivity contribution in [3.05, 3.63) is 29.3 Å². The van der Waals surface area contributed by atoms with Gasteiger partial charge in [0.25, 0.3) is 5.91 Å². The summed E-state index contributed by atoms with van der Waals surface area (Å²) in [5.41, 5.74) is 1.89. The second-order valence-corrected chi connectivity index (χ2v) is 3.06. The average Bonchev–Trinajstić information content (AvgIpc) is 2.21. The van der Waals surface area contributed by atoms with E-state index in [2.05, 4.69) is 10.3 Å². The summed E-state index contributed by atoms with van der Waals surface area (Å²) < 4.78 is 0. The number of aryl methyl sites for hydroxylation is 1. The maximum absolute atomic E-state index is 11.4. The van der Waals surface area contributed by atoms with Crippen LogP contribution in [-0.4, -0.2) is 18.5 Å². The predicted octanol–water partition coefficient (Wildman–Crippen LogP) is 1.71. The third kappa shape index (κ3) is 2.76. The van der Waals surface area contributed by atoms with Crippen LogP contribution in [0, 0.1) is 6.92 Å². The molecule has 1 aromatic carbocycles. The normalized spacial score (nSPS) is 9.20. The molecule has 0 aliphatic rings. The fourth-order valence-electron chi connectivity index (χ4n) is 1.23. The summed E-state index contributed by atoms with van der Waals surface area (Å²) in [7, 11) is 0. The molecule has 4 nitrogen and oxygen atoms in total. The van der Waals surface area contributed by atoms with Crippen LogP contribution in [0.1, 0.15) is 22.8 Å². The summed E-state index contributed by atoms with van der Waals surface area (Å²) in [6, 6.07) is 4.96. The molecule has 0 aliphatic heterocycles. The number of nitrogens with zero attached hydrogens (tertiary/aromatic N) is 1. The van der Waals surface area contributed by atoms with Crippen molar-refractivity contribution < 1.29 is 9.59 Å². The Labute approximate surface area is 88.0 Å². The minimum Gasteiger partial charge on any atom is -0.352 e. The van der Waals surface area contributed by atoms with Gasteiger partial charge >= 0.3 is 0 Å². The second kappa shape index (κ2) is 5.08. The predicted molar refractivity (Wildman–Crippen MR) is 57.0 cm³/mol. The Morgan fingerprint density at radius 2 is 2.27 bits per heavy atom. The van der Waals surface area contributed by atoms with E-state index in [4.69, 9.17) is 0 Å². The molecule has 0 heterocycles. The van der Waals surface area contributed by atoms with Gasteiger partial charge in [0.2, 0.25) is 6.08 Å². The SMILES string of the molecule is CCNC(=O)c1ccc(N=C=O)c(C)c1. The fourth-order valence-corrected chi connectivity index (χ4v) is 1.23. The number of isocyanates is 1. The number of carbonyl (C=O) groups is 1. The molecule has 0 radical (unpaired) electrons. The first-order valence-corrected chi connectivity index (χ1v) is 4.65. The van der Waals surface area contributed by atoms with E-state index in [1.165, 1.54) is 6.08 Å². The van der Waals surface area contributed by atoms with Crippen LogP contribution in [0.2, 0.25) is 0 Å². The van der Waals surface area contributed by atoms with Gasteiger partial charge in [-0.1, -0.05) is 0 Å². The molecule has 0 aromatic heterocycles. The number of benzene rings is 1. The number of rotatable bonds is 3. The molecule has 0 fully saturated rings. The molecule has 1 N–H and O–H groups in total. The van der Waals surface area contributed by atoms with Gasteiger partial charge in [-0.2, -0.15) is 4.99 Å². The lowest BCUT2D eigenvalue weighted by molar-refractivity contribution is 0.0956. The fraction of sp³-hybridized carbons (Fsp3) is 0.273. The largest absolute Gasteiger partial charge is 0.352 e. The highest BCUT2D eigenvalue weighted by Gasteiger charge is 2.05. The van der Waals surface area contributed by atoms with Gasteiger partial charge in [-0.25, -0.2) is 4.79 Å². The standard InChI is InChI=1S/C11H12N2O2/c1-3-12-11(15)9-4-5-10(13-7-14)8(2)6-9/h4-6H,3H2,1-2H3,(H,12,15). The number of aliphatic imine (C=N–C) groups is 1. The molecule has 0 spiro atoms. The Morgan fingerprint density at radius 3 is 2.80 bits per heavy atom. The highest BCUT2D eigenvalue weighted by Crippen LogP contribution is 2.18. The lowest BCUT2D eigenvalue weighted by Gasteiger charge is -2.04. The number of amides is 1. The van der Waals surface area contributed by atoms with Gasteiger partial charge in [0.05, 0.1) is 5.69 Å². The van der Waals surface area contributed by atoms with Crippen molar-refractivity contribution >= 4 is 17.7 Å². The topological polar surface area (TPSA) is 58.5 Å². The van der Waals surface area contributed by atoms with Crippen molar-refractivity contribution in [3.8, 4) is 0 Å². The molecular weight excluding hydrogens is 192 g/mol. The molecule has 1 amide bonds. The molecule has 0 saturated heterocycles. The van der Waals surface area contributed by atoms with Crippen molar-refractivity contribution in [1.82, 2.24) is 5.32 Å². The highest BCUT2D eigenvalue weighted by atomic mass is 16.1. The van der Waals surface area contributed by atoms with Gasteiger partial charge in [-0.05, 0) is 37.6 Å². The maximum atomic E-state index is 11.4. The van der Waals surface area contributed by atoms with E-state index in [0.717, 1.165) is 5.56 Å². The minimum absolute atomic E-state index is 0.123. The molecule has 4 heteroatoms. The van der Waals surface area contributed by atoms with Crippen LogP contribution >= 0.6 is 0 Å². The molecule has 0 unspecified atom stereocenters. The van der Waals surface area contributed by atoms with Crippen molar-refractivity contribution in [2.24, 2.45) is 4.99 Å². The monoisotopic (exact) mass is 204 g/mol. The van der Waals surface area contributed by atoms with Gasteiger partial charge in [0.1, 0.15) is 0 Å². The van der Waals surface area contributed by atoms with Gasteiger partial charge in [0, 0.05) is 12.1 Å². The lowest BCUT2D eigenvalue weighted by atomic mass is 10.1. The van der Waals surface area contributed by atoms with Crippen LogP contribution in [0.4, 0.5) is 5.69 Å². The van der Waals surface area contributed by atoms with Crippen LogP contribution in [0.5, 0.6) is 0 Å². The highest BCUT2D eigenvalue weighted by molar-refractivity contribution is 5.94. The summed E-state index contributed by atoms with van der Waals surface area (Å²) in [4.78, 5) is 25.0. The van der Waals surface area contributed by atoms with E-state index in [0.29, 0.717) is 17.8 Å². The number of carbonyl (C=O) groups excluding carboxylic acids is 2. The first kappa shape index (κ1) is 11.1. The Kier molecular flexibility index (Phi) is 3.77. The number of hydrogen-bond donors (Lipinski definition) is 1. The van der Waals surface area contributed by atoms with Gasteiger partial charge in [-0.3, -0.25) is 4.79 Å². The average molecular weight is 204 g/mol. The van der Waals surface area contributed by atoms with Crippen LogP contribution in [-0.2, 0) is 4.79 Å². The van der Waals surface area contributed by atoms with Crippen LogP contribution in [0.3, 0.4) is 0 Å². The molecule has 0 bridgehead atoms. The zero-order valence-corrected chi connectivity index (χ0v) is 8.70. The van der Waals surface area contributed by atoms with E-state index < -0.39 is 0 Å². The zero-order chi connectivity index (χ0) is 11.3. The van der Waals surface area contributed by atoms with E-state index in [-0.39, 0.29) is 5.91 Å². The van der Waals surface area contributed by atoms with E-state index >= 15 is 0 Å². The molecule has 15 heavy (non-hydrogen) atoms. The Balaban J connectivity index is 3.00. The maximum Gasteiger partial charge on any atom is 0.251 e. The molecule has 1 rings (SSSR count). The summed E-state index contributed by atoms with van der Waals surface area (Å²) in [5, 5.41) is 2.69. The van der Waals surface area contributed by atoms with Crippen molar-refractivity contribution in [1.29, 1.82) is 0 Å². The third-order valence-corrected chi connectivity index (χ3v) is 1.96. The van der Waals surface area contributed by atoms with Gasteiger partial charge in [0.15, 0.2) is 0 Å². The van der Waals surface area contributed by atoms with Crippen LogP contribution in [0.25, 0.3) is 0 Å². The van der Waals surface area contributed by atoms with Crippen LogP contribution in [0.15, 0.2) is 23.2 Å². The quantitative estimate of drug-likeness (QED) is 0.602. The van der Waals surface area contributed by atoms with Crippen molar-refractivity contribution in [2.75, 3.05) is 6.54 Å². The molecule has 1 aromatic rings. The summed E-state index contributed by atoms with van der Waals surface area (Å²) in [6.45, 7) is 4.24. The summed E-state index contributed by atoms with van der Waals surface area (Å²) in [6.07, 6.45) is 1.47. The summed E-state index contributed by atoms with van der Waals surface area (Å²) in [5.74, 6) is -0.123. The first-order chi connectivity index (χ1) is 7.19. The Bertz CT molecular complexity index is 421. The zero-order valence-electron chi connectivity index (χ0n) is 8.70. The van der Waals surface area contributed by atoms with Gasteiger partial charge in [-0.15, -0.1) is 0 Å². The number of nitrogens with one attached hydrogen (secondary N) is 1. The van der Waals surface area contributed by atoms with E-state index in [1.54, 1.807) is 25.1 Å². The lowest BCUT2D eigenvalue weighted by Crippen LogP contribution is -2.22. The molecular formula is C11H12N2O2. The second-order valence-electron chi connectivity index (χ2n) is 3.06. The molecule has 0 saturated carbocycles.